The summed E-state index contributed by atoms with van der Waals surface area (Å²) in [5.74, 6) is 1.76. The first-order valence-corrected chi connectivity index (χ1v) is 20.7. The van der Waals surface area contributed by atoms with E-state index in [0.717, 1.165) is 104 Å². The molecule has 0 aliphatic carbocycles. The fourth-order valence-electron chi connectivity index (χ4n) is 8.13. The topological polar surface area (TPSA) is 129 Å². The van der Waals surface area contributed by atoms with Crippen LogP contribution in [0.3, 0.4) is 0 Å². The molecule has 3 aliphatic heterocycles. The van der Waals surface area contributed by atoms with Crippen molar-refractivity contribution in [3.63, 3.8) is 0 Å². The number of fused-ring (bicyclic) bond motifs is 5. The van der Waals surface area contributed by atoms with E-state index in [9.17, 15) is 14.4 Å². The van der Waals surface area contributed by atoms with Crippen LogP contribution in [0.4, 0.5) is 11.5 Å². The van der Waals surface area contributed by atoms with Crippen LogP contribution < -0.4 is 25.0 Å². The van der Waals surface area contributed by atoms with Crippen LogP contribution in [-0.2, 0) is 16.1 Å². The summed E-state index contributed by atoms with van der Waals surface area (Å²) in [6.45, 7) is 7.85. The Labute approximate surface area is 340 Å². The summed E-state index contributed by atoms with van der Waals surface area (Å²) in [7, 11) is 1.61. The number of nitrogens with zero attached hydrogens (tertiary/aromatic N) is 5. The number of amides is 3. The highest BCUT2D eigenvalue weighted by Gasteiger charge is 2.35. The molecule has 3 aromatic carbocycles. The van der Waals surface area contributed by atoms with Crippen molar-refractivity contribution in [2.45, 2.75) is 38.3 Å². The van der Waals surface area contributed by atoms with Crippen molar-refractivity contribution >= 4 is 61.6 Å². The van der Waals surface area contributed by atoms with Crippen molar-refractivity contribution in [2.24, 2.45) is 0 Å². The number of anilines is 2. The molecule has 0 saturated carbocycles. The first-order chi connectivity index (χ1) is 28.3. The van der Waals surface area contributed by atoms with E-state index < -0.39 is 0 Å². The Kier molecular flexibility index (Phi) is 10.4. The number of aromatic nitrogens is 2. The standard InChI is InChI=1S/C45H45N7O5S/c1-28-25-47-42-41-35-12-14-36(49-37(35)15-16-38(41)58-43(42)44(54)48-28)31-7-17-39(46-26-31)51-21-19-50(20-22-51)23-24-57-33-10-5-30(6-11-33)34-13-18-40(53)52(45(34)55)27-29-3-8-32(56-2)9-4-29/h3-12,14-17,26,28,34,47H,13,18-25,27H2,1-2H3,(H,48,54)/t28-,34?/m1/s1. The minimum absolute atomic E-state index is 0.0298. The number of piperazine rings is 1. The number of imide groups is 1. The lowest BCUT2D eigenvalue weighted by Gasteiger charge is -2.35. The van der Waals surface area contributed by atoms with Crippen LogP contribution in [0.25, 0.3) is 32.2 Å². The highest BCUT2D eigenvalue weighted by Crippen LogP contribution is 2.41. The number of carbonyl (C=O) groups is 3. The van der Waals surface area contributed by atoms with E-state index in [-0.39, 0.29) is 36.2 Å². The molecule has 2 fully saturated rings. The van der Waals surface area contributed by atoms with Crippen molar-refractivity contribution in [3.05, 3.63) is 107 Å². The molecule has 3 aliphatic rings. The molecule has 2 N–H and O–H groups in total. The predicted molar refractivity (Wildman–Crippen MR) is 227 cm³/mol. The lowest BCUT2D eigenvalue weighted by Crippen LogP contribution is -2.47. The third kappa shape index (κ3) is 7.54. The van der Waals surface area contributed by atoms with E-state index >= 15 is 0 Å². The zero-order valence-corrected chi connectivity index (χ0v) is 33.4. The number of rotatable bonds is 10. The smallest absolute Gasteiger partial charge is 0.263 e. The summed E-state index contributed by atoms with van der Waals surface area (Å²) in [6.07, 6.45) is 2.75. The van der Waals surface area contributed by atoms with Gasteiger partial charge >= 0.3 is 0 Å². The number of ether oxygens (including phenoxy) is 2. The molecule has 3 amide bonds. The van der Waals surface area contributed by atoms with Gasteiger partial charge in [0.25, 0.3) is 5.91 Å². The number of piperidine rings is 1. The quantitative estimate of drug-likeness (QED) is 0.145. The van der Waals surface area contributed by atoms with Gasteiger partial charge < -0.3 is 25.0 Å². The number of carbonyl (C=O) groups excluding carboxylic acids is 3. The molecule has 296 valence electrons. The highest BCUT2D eigenvalue weighted by molar-refractivity contribution is 7.21. The fourth-order valence-corrected chi connectivity index (χ4v) is 9.22. The number of hydrogen-bond donors (Lipinski definition) is 2. The molecule has 1 unspecified atom stereocenters. The molecule has 0 radical (unpaired) electrons. The van der Waals surface area contributed by atoms with Gasteiger partial charge in [0.15, 0.2) is 0 Å². The Balaban J connectivity index is 0.760. The maximum atomic E-state index is 13.4. The van der Waals surface area contributed by atoms with E-state index in [1.165, 1.54) is 16.2 Å². The molecule has 2 saturated heterocycles. The maximum absolute atomic E-state index is 13.4. The van der Waals surface area contributed by atoms with Crippen LogP contribution in [0, 0.1) is 0 Å². The molecule has 2 atom stereocenters. The molecule has 0 bridgehead atoms. The van der Waals surface area contributed by atoms with E-state index in [1.54, 1.807) is 7.11 Å². The van der Waals surface area contributed by atoms with Crippen LogP contribution in [0.1, 0.15) is 46.5 Å². The minimum Gasteiger partial charge on any atom is -0.497 e. The monoisotopic (exact) mass is 795 g/mol. The number of nitrogens with one attached hydrogen (secondary N) is 2. The van der Waals surface area contributed by atoms with E-state index in [2.05, 4.69) is 44.7 Å². The lowest BCUT2D eigenvalue weighted by molar-refractivity contribution is -0.150. The van der Waals surface area contributed by atoms with Crippen LogP contribution in [-0.4, -0.2) is 96.5 Å². The first kappa shape index (κ1) is 37.5. The molecule has 0 spiro atoms. The molecular weight excluding hydrogens is 751 g/mol. The van der Waals surface area contributed by atoms with Crippen molar-refractivity contribution in [1.82, 2.24) is 25.1 Å². The third-order valence-electron chi connectivity index (χ3n) is 11.4. The Morgan fingerprint density at radius 2 is 1.67 bits per heavy atom. The second kappa shape index (κ2) is 16.1. The van der Waals surface area contributed by atoms with Gasteiger partial charge in [-0.15, -0.1) is 11.3 Å². The van der Waals surface area contributed by atoms with Gasteiger partial charge in [-0.1, -0.05) is 24.3 Å². The second-order valence-electron chi connectivity index (χ2n) is 15.2. The Morgan fingerprint density at radius 1 is 0.879 bits per heavy atom. The molecular formula is C45H45N7O5S. The van der Waals surface area contributed by atoms with Crippen molar-refractivity contribution in [3.8, 4) is 22.8 Å². The lowest BCUT2D eigenvalue weighted by atomic mass is 9.89. The molecule has 58 heavy (non-hydrogen) atoms. The summed E-state index contributed by atoms with van der Waals surface area (Å²) in [5, 5.41) is 8.64. The Hall–Kier alpha value is -6.05. The zero-order valence-electron chi connectivity index (χ0n) is 32.6. The summed E-state index contributed by atoms with van der Waals surface area (Å²) in [6, 6.07) is 27.6. The van der Waals surface area contributed by atoms with Crippen molar-refractivity contribution in [1.29, 1.82) is 0 Å². The molecule has 6 heterocycles. The normalized spacial score (nSPS) is 18.8. The Bertz CT molecular complexity index is 2480. The minimum atomic E-state index is -0.356. The summed E-state index contributed by atoms with van der Waals surface area (Å²) in [4.78, 5) is 55.6. The predicted octanol–water partition coefficient (Wildman–Crippen LogP) is 6.70. The van der Waals surface area contributed by atoms with Crippen LogP contribution >= 0.6 is 11.3 Å². The molecule has 9 rings (SSSR count). The first-order valence-electron chi connectivity index (χ1n) is 19.9. The molecule has 6 aromatic rings. The summed E-state index contributed by atoms with van der Waals surface area (Å²) in [5.41, 5.74) is 5.38. The van der Waals surface area contributed by atoms with Gasteiger partial charge in [0.05, 0.1) is 36.5 Å². The second-order valence-corrected chi connectivity index (χ2v) is 16.2. The van der Waals surface area contributed by atoms with E-state index in [0.29, 0.717) is 26.0 Å². The zero-order chi connectivity index (χ0) is 39.8. The Morgan fingerprint density at radius 3 is 2.43 bits per heavy atom. The van der Waals surface area contributed by atoms with Gasteiger partial charge in [-0.3, -0.25) is 24.2 Å². The van der Waals surface area contributed by atoms with Crippen LogP contribution in [0.2, 0.25) is 0 Å². The number of pyridine rings is 2. The number of thiophene rings is 1. The number of methoxy groups -OCH3 is 1. The third-order valence-corrected chi connectivity index (χ3v) is 12.6. The van der Waals surface area contributed by atoms with E-state index in [1.807, 2.05) is 73.8 Å². The van der Waals surface area contributed by atoms with Crippen LogP contribution in [0.5, 0.6) is 11.5 Å². The largest absolute Gasteiger partial charge is 0.497 e. The van der Waals surface area contributed by atoms with Crippen molar-refractivity contribution in [2.75, 3.05) is 63.2 Å². The summed E-state index contributed by atoms with van der Waals surface area (Å²) >= 11 is 1.52. The maximum Gasteiger partial charge on any atom is 0.263 e. The van der Waals surface area contributed by atoms with Crippen LogP contribution in [0.15, 0.2) is 91.1 Å². The van der Waals surface area contributed by atoms with Gasteiger partial charge in [-0.05, 0) is 85.1 Å². The van der Waals surface area contributed by atoms with Gasteiger partial charge in [-0.25, -0.2) is 9.97 Å². The number of benzene rings is 3. The number of hydrogen-bond acceptors (Lipinski definition) is 11. The molecule has 3 aromatic heterocycles. The average Bonchev–Trinajstić information content (AvgIpc) is 3.58. The number of likely N-dealkylation sites (tertiary alicyclic amines) is 1. The SMILES string of the molecule is COc1ccc(CN2C(=O)CCC(c3ccc(OCCN4CCN(c5ccc(-c6ccc7c(ccc8sc9c(c87)NC[C@@H](C)NC9=O)n6)cn5)CC4)cc3)C2=O)cc1. The van der Waals surface area contributed by atoms with E-state index in [4.69, 9.17) is 19.4 Å². The summed E-state index contributed by atoms with van der Waals surface area (Å²) < 4.78 is 12.4. The van der Waals surface area contributed by atoms with Gasteiger partial charge in [0.2, 0.25) is 11.8 Å². The molecule has 13 heteroatoms. The fraction of sp³-hybridized carbons (Fsp3) is 0.311. The average molecular weight is 796 g/mol. The van der Waals surface area contributed by atoms with Gasteiger partial charge in [-0.2, -0.15) is 0 Å². The van der Waals surface area contributed by atoms with Crippen molar-refractivity contribution < 1.29 is 23.9 Å². The highest BCUT2D eigenvalue weighted by atomic mass is 32.1. The van der Waals surface area contributed by atoms with Gasteiger partial charge in [0.1, 0.15) is 28.8 Å². The molecule has 12 nitrogen and oxygen atoms in total. The van der Waals surface area contributed by atoms with Gasteiger partial charge in [0, 0.05) is 79.0 Å².